The second kappa shape index (κ2) is 2.73. The summed E-state index contributed by atoms with van der Waals surface area (Å²) in [6.45, 7) is 0.919. The van der Waals surface area contributed by atoms with E-state index >= 15 is 0 Å². The van der Waals surface area contributed by atoms with E-state index in [-0.39, 0.29) is 5.82 Å². The molecule has 1 nitrogen and oxygen atoms in total. The van der Waals surface area contributed by atoms with Crippen LogP contribution in [0.4, 0.5) is 10.1 Å². The first-order valence-electron chi connectivity index (χ1n) is 3.87. The number of nitrogens with zero attached hydrogens (tertiary/aromatic N) is 1. The lowest BCUT2D eigenvalue weighted by Gasteiger charge is -2.11. The topological polar surface area (TPSA) is 3.24 Å². The molecule has 0 atom stereocenters. The second-order valence-electron chi connectivity index (χ2n) is 3.06. The first-order chi connectivity index (χ1) is 5.68. The summed E-state index contributed by atoms with van der Waals surface area (Å²) < 4.78 is 14.1. The minimum atomic E-state index is -0.0938. The number of likely N-dealkylation sites (N-methyl/N-ethyl adjacent to an activating group) is 1. The van der Waals surface area contributed by atoms with Crippen LogP contribution in [0.1, 0.15) is 5.56 Å². The first kappa shape index (κ1) is 8.05. The molecule has 0 radical (unpaired) electrons. The van der Waals surface area contributed by atoms with Crippen molar-refractivity contribution >= 4 is 21.6 Å². The Morgan fingerprint density at radius 2 is 2.25 bits per heavy atom. The lowest BCUT2D eigenvalue weighted by molar-refractivity contribution is 0.614. The Hall–Kier alpha value is -0.570. The third kappa shape index (κ3) is 1.12. The highest BCUT2D eigenvalue weighted by Gasteiger charge is 2.19. The molecule has 0 unspecified atom stereocenters. The van der Waals surface area contributed by atoms with Gasteiger partial charge in [-0.3, -0.25) is 0 Å². The maximum Gasteiger partial charge on any atom is 0.129 e. The van der Waals surface area contributed by atoms with Gasteiger partial charge in [0.2, 0.25) is 0 Å². The smallest absolute Gasteiger partial charge is 0.129 e. The maximum absolute atomic E-state index is 13.3. The molecule has 1 aromatic carbocycles. The summed E-state index contributed by atoms with van der Waals surface area (Å²) in [6, 6.07) is 3.49. The van der Waals surface area contributed by atoms with E-state index in [0.29, 0.717) is 0 Å². The predicted octanol–water partition coefficient (Wildman–Crippen LogP) is 2.58. The van der Waals surface area contributed by atoms with Crippen LogP contribution in [-0.2, 0) is 6.42 Å². The molecule has 0 fully saturated rings. The fourth-order valence-corrected chi connectivity index (χ4v) is 2.00. The van der Waals surface area contributed by atoms with E-state index in [1.165, 1.54) is 6.07 Å². The van der Waals surface area contributed by atoms with Crippen molar-refractivity contribution in [1.29, 1.82) is 0 Å². The van der Waals surface area contributed by atoms with Crippen LogP contribution >= 0.6 is 15.9 Å². The van der Waals surface area contributed by atoms with E-state index < -0.39 is 0 Å². The Kier molecular flexibility index (Phi) is 1.83. The van der Waals surface area contributed by atoms with Gasteiger partial charge in [0.15, 0.2) is 0 Å². The summed E-state index contributed by atoms with van der Waals surface area (Å²) in [7, 11) is 1.98. The van der Waals surface area contributed by atoms with Gasteiger partial charge in [-0.05, 0) is 18.6 Å². The number of hydrogen-bond donors (Lipinski definition) is 0. The zero-order valence-corrected chi connectivity index (χ0v) is 8.36. The zero-order chi connectivity index (χ0) is 8.72. The Bertz CT molecular complexity index is 325. The third-order valence-corrected chi connectivity index (χ3v) is 2.70. The molecule has 0 saturated heterocycles. The van der Waals surface area contributed by atoms with Gasteiger partial charge in [-0.25, -0.2) is 4.39 Å². The van der Waals surface area contributed by atoms with Crippen molar-refractivity contribution in [2.24, 2.45) is 0 Å². The molecule has 12 heavy (non-hydrogen) atoms. The van der Waals surface area contributed by atoms with Gasteiger partial charge in [0.05, 0.1) is 0 Å². The van der Waals surface area contributed by atoms with Crippen molar-refractivity contribution in [3.05, 3.63) is 28.0 Å². The lowest BCUT2D eigenvalue weighted by Crippen LogP contribution is -2.12. The Labute approximate surface area is 79.3 Å². The summed E-state index contributed by atoms with van der Waals surface area (Å²) in [6.07, 6.45) is 0.824. The lowest BCUT2D eigenvalue weighted by atomic mass is 10.1. The standard InChI is InChI=1S/C9H9BrFN/c1-12-3-2-7-8(11)4-6(10)5-9(7)12/h4-5H,2-3H2,1H3. The van der Waals surface area contributed by atoms with Crippen molar-refractivity contribution in [3.63, 3.8) is 0 Å². The largest absolute Gasteiger partial charge is 0.374 e. The molecule has 64 valence electrons. The minimum absolute atomic E-state index is 0.0938. The predicted molar refractivity (Wildman–Crippen MR) is 51.1 cm³/mol. The molecule has 0 aliphatic carbocycles. The molecular weight excluding hydrogens is 221 g/mol. The summed E-state index contributed by atoms with van der Waals surface area (Å²) in [5.74, 6) is -0.0938. The zero-order valence-electron chi connectivity index (χ0n) is 6.77. The average molecular weight is 230 g/mol. The van der Waals surface area contributed by atoms with Gasteiger partial charge in [-0.1, -0.05) is 15.9 Å². The number of hydrogen-bond acceptors (Lipinski definition) is 1. The summed E-state index contributed by atoms with van der Waals surface area (Å²) >= 11 is 3.28. The van der Waals surface area contributed by atoms with Gasteiger partial charge in [0, 0.05) is 29.3 Å². The second-order valence-corrected chi connectivity index (χ2v) is 3.97. The highest BCUT2D eigenvalue weighted by Crippen LogP contribution is 2.31. The molecule has 1 heterocycles. The van der Waals surface area contributed by atoms with Crippen LogP contribution in [0.25, 0.3) is 0 Å². The van der Waals surface area contributed by atoms with E-state index in [2.05, 4.69) is 20.8 Å². The Morgan fingerprint density at radius 1 is 1.50 bits per heavy atom. The fourth-order valence-electron chi connectivity index (χ4n) is 1.58. The number of anilines is 1. The molecule has 1 aliphatic heterocycles. The van der Waals surface area contributed by atoms with Crippen LogP contribution in [-0.4, -0.2) is 13.6 Å². The van der Waals surface area contributed by atoms with Gasteiger partial charge in [-0.15, -0.1) is 0 Å². The van der Waals surface area contributed by atoms with Crippen LogP contribution in [0.5, 0.6) is 0 Å². The molecular formula is C9H9BrFN. The number of rotatable bonds is 0. The summed E-state index contributed by atoms with van der Waals surface area (Å²) in [5, 5.41) is 0. The van der Waals surface area contributed by atoms with Crippen LogP contribution in [0.2, 0.25) is 0 Å². The van der Waals surface area contributed by atoms with Crippen LogP contribution in [0, 0.1) is 5.82 Å². The normalized spacial score (nSPS) is 15.1. The quantitative estimate of drug-likeness (QED) is 0.662. The number of benzene rings is 1. The molecule has 3 heteroatoms. The fraction of sp³-hybridized carbons (Fsp3) is 0.333. The first-order valence-corrected chi connectivity index (χ1v) is 4.67. The highest BCUT2D eigenvalue weighted by molar-refractivity contribution is 9.10. The van der Waals surface area contributed by atoms with Crippen LogP contribution in [0.3, 0.4) is 0 Å². The van der Waals surface area contributed by atoms with E-state index in [1.54, 1.807) is 0 Å². The molecule has 1 aliphatic rings. The van der Waals surface area contributed by atoms with Gasteiger partial charge in [0.25, 0.3) is 0 Å². The summed E-state index contributed by atoms with van der Waals surface area (Å²) in [4.78, 5) is 2.07. The van der Waals surface area contributed by atoms with Gasteiger partial charge >= 0.3 is 0 Å². The molecule has 0 N–H and O–H groups in total. The average Bonchev–Trinajstić information content (AvgIpc) is 2.33. The van der Waals surface area contributed by atoms with Gasteiger partial charge in [-0.2, -0.15) is 0 Å². The molecule has 0 amide bonds. The van der Waals surface area contributed by atoms with E-state index in [4.69, 9.17) is 0 Å². The SMILES string of the molecule is CN1CCc2c(F)cc(Br)cc21. The van der Waals surface area contributed by atoms with Crippen molar-refractivity contribution in [2.45, 2.75) is 6.42 Å². The van der Waals surface area contributed by atoms with E-state index in [1.807, 2.05) is 13.1 Å². The van der Waals surface area contributed by atoms with Crippen molar-refractivity contribution < 1.29 is 4.39 Å². The summed E-state index contributed by atoms with van der Waals surface area (Å²) in [5.41, 5.74) is 1.86. The molecule has 2 rings (SSSR count). The molecule has 0 saturated carbocycles. The van der Waals surface area contributed by atoms with Crippen LogP contribution in [0.15, 0.2) is 16.6 Å². The van der Waals surface area contributed by atoms with Crippen molar-refractivity contribution in [2.75, 3.05) is 18.5 Å². The maximum atomic E-state index is 13.3. The van der Waals surface area contributed by atoms with Crippen molar-refractivity contribution in [1.82, 2.24) is 0 Å². The Balaban J connectivity index is 2.60. The van der Waals surface area contributed by atoms with Crippen molar-refractivity contribution in [3.8, 4) is 0 Å². The third-order valence-electron chi connectivity index (χ3n) is 2.25. The van der Waals surface area contributed by atoms with Gasteiger partial charge in [0.1, 0.15) is 5.82 Å². The Morgan fingerprint density at radius 3 is 3.00 bits per heavy atom. The van der Waals surface area contributed by atoms with Gasteiger partial charge < -0.3 is 4.90 Å². The minimum Gasteiger partial charge on any atom is -0.374 e. The molecule has 0 aromatic heterocycles. The number of halogens is 2. The highest BCUT2D eigenvalue weighted by atomic mass is 79.9. The van der Waals surface area contributed by atoms with Crippen LogP contribution < -0.4 is 4.90 Å². The molecule has 1 aromatic rings. The number of fused-ring (bicyclic) bond motifs is 1. The monoisotopic (exact) mass is 229 g/mol. The van der Waals surface area contributed by atoms with E-state index in [9.17, 15) is 4.39 Å². The van der Waals surface area contributed by atoms with E-state index in [0.717, 1.165) is 28.7 Å². The molecule has 0 spiro atoms. The molecule has 0 bridgehead atoms.